The SMILES string of the molecule is CC(C)[Si](OC[C@H]1OC=C[C@@H](C)[C@@H]1O[Si](C(C)C)(C(C)C)C(C)C)(C(C)C)C(C)C. The number of hydrogen-bond acceptors (Lipinski definition) is 3. The number of hydrogen-bond donors (Lipinski definition) is 0. The van der Waals surface area contributed by atoms with Crippen molar-refractivity contribution in [1.82, 2.24) is 0 Å². The fourth-order valence-electron chi connectivity index (χ4n) is 6.48. The van der Waals surface area contributed by atoms with Crippen LogP contribution in [0.25, 0.3) is 0 Å². The molecule has 0 aromatic heterocycles. The average molecular weight is 457 g/mol. The molecule has 0 saturated heterocycles. The Morgan fingerprint density at radius 3 is 1.47 bits per heavy atom. The summed E-state index contributed by atoms with van der Waals surface area (Å²) in [5.41, 5.74) is 3.41. The lowest BCUT2D eigenvalue weighted by molar-refractivity contribution is -0.0434. The molecule has 0 bridgehead atoms. The molecule has 0 unspecified atom stereocenters. The van der Waals surface area contributed by atoms with Crippen LogP contribution in [0.2, 0.25) is 33.2 Å². The highest BCUT2D eigenvalue weighted by Crippen LogP contribution is 2.46. The summed E-state index contributed by atoms with van der Waals surface area (Å²) >= 11 is 0. The molecule has 0 saturated carbocycles. The first kappa shape index (κ1) is 27.9. The molecular formula is C25H52O3Si2. The van der Waals surface area contributed by atoms with Crippen molar-refractivity contribution in [1.29, 1.82) is 0 Å². The van der Waals surface area contributed by atoms with Gasteiger partial charge in [-0.3, -0.25) is 0 Å². The van der Waals surface area contributed by atoms with Crippen molar-refractivity contribution in [2.24, 2.45) is 5.92 Å². The van der Waals surface area contributed by atoms with Gasteiger partial charge in [0.25, 0.3) is 0 Å². The summed E-state index contributed by atoms with van der Waals surface area (Å²) in [7, 11) is -3.93. The molecule has 0 N–H and O–H groups in total. The van der Waals surface area contributed by atoms with Crippen LogP contribution in [0.4, 0.5) is 0 Å². The van der Waals surface area contributed by atoms with E-state index in [1.165, 1.54) is 0 Å². The highest BCUT2D eigenvalue weighted by atomic mass is 28.4. The van der Waals surface area contributed by atoms with Crippen molar-refractivity contribution in [3.63, 3.8) is 0 Å². The zero-order valence-corrected chi connectivity index (χ0v) is 24.3. The van der Waals surface area contributed by atoms with Crippen LogP contribution in [-0.4, -0.2) is 35.4 Å². The highest BCUT2D eigenvalue weighted by Gasteiger charge is 2.50. The lowest BCUT2D eigenvalue weighted by Gasteiger charge is -2.48. The Kier molecular flexibility index (Phi) is 10.4. The first-order valence-electron chi connectivity index (χ1n) is 12.4. The smallest absolute Gasteiger partial charge is 0.200 e. The van der Waals surface area contributed by atoms with E-state index in [2.05, 4.69) is 96.1 Å². The second-order valence-electron chi connectivity index (χ2n) is 11.4. The second-order valence-corrected chi connectivity index (χ2v) is 22.3. The molecule has 3 nitrogen and oxygen atoms in total. The van der Waals surface area contributed by atoms with E-state index >= 15 is 0 Å². The maximum atomic E-state index is 7.23. The van der Waals surface area contributed by atoms with E-state index in [0.717, 1.165) is 0 Å². The van der Waals surface area contributed by atoms with E-state index in [4.69, 9.17) is 13.6 Å². The standard InChI is InChI=1S/C25H52O3Si2/c1-17(2)29(18(3)4,19(5)6)27-16-24-25(23(13)14-15-26-24)28-30(20(7)8,21(9)10)22(11)12/h14-15,17-25H,16H2,1-13H3/t23-,24-,25+/m1/s1. The van der Waals surface area contributed by atoms with Gasteiger partial charge in [0, 0.05) is 5.92 Å². The first-order chi connectivity index (χ1) is 13.7. The lowest BCUT2D eigenvalue weighted by atomic mass is 9.98. The van der Waals surface area contributed by atoms with Crippen molar-refractivity contribution < 1.29 is 13.6 Å². The van der Waals surface area contributed by atoms with Gasteiger partial charge in [-0.25, -0.2) is 0 Å². The summed E-state index contributed by atoms with van der Waals surface area (Å²) in [5.74, 6) is 0.337. The molecule has 1 aliphatic heterocycles. The van der Waals surface area contributed by atoms with Crippen LogP contribution in [0.3, 0.4) is 0 Å². The van der Waals surface area contributed by atoms with E-state index in [1.807, 2.05) is 6.26 Å². The van der Waals surface area contributed by atoms with Crippen LogP contribution in [0, 0.1) is 5.92 Å². The van der Waals surface area contributed by atoms with Crippen LogP contribution < -0.4 is 0 Å². The van der Waals surface area contributed by atoms with Gasteiger partial charge in [0.1, 0.15) is 6.10 Å². The molecule has 30 heavy (non-hydrogen) atoms. The van der Waals surface area contributed by atoms with E-state index in [9.17, 15) is 0 Å². The van der Waals surface area contributed by atoms with Gasteiger partial charge < -0.3 is 13.6 Å². The second kappa shape index (κ2) is 11.2. The zero-order chi connectivity index (χ0) is 23.4. The molecule has 3 atom stereocenters. The molecule has 1 heterocycles. The topological polar surface area (TPSA) is 27.7 Å². The van der Waals surface area contributed by atoms with Crippen LogP contribution in [0.15, 0.2) is 12.3 Å². The van der Waals surface area contributed by atoms with Gasteiger partial charge in [0.2, 0.25) is 16.6 Å². The summed E-state index contributed by atoms with van der Waals surface area (Å²) < 4.78 is 20.4. The number of rotatable bonds is 11. The molecule has 0 radical (unpaired) electrons. The molecule has 0 amide bonds. The molecule has 0 aromatic rings. The van der Waals surface area contributed by atoms with Gasteiger partial charge in [-0.2, -0.15) is 0 Å². The third kappa shape index (κ3) is 5.44. The van der Waals surface area contributed by atoms with E-state index < -0.39 is 16.6 Å². The summed E-state index contributed by atoms with van der Waals surface area (Å²) in [6, 6.07) is 0. The quantitative estimate of drug-likeness (QED) is 0.293. The third-order valence-electron chi connectivity index (χ3n) is 7.77. The van der Waals surface area contributed by atoms with Gasteiger partial charge in [0.15, 0.2) is 0 Å². The normalized spacial score (nSPS) is 23.5. The van der Waals surface area contributed by atoms with Gasteiger partial charge in [-0.1, -0.05) is 90.0 Å². The third-order valence-corrected chi connectivity index (χ3v) is 19.9. The Morgan fingerprint density at radius 1 is 0.700 bits per heavy atom. The first-order valence-corrected chi connectivity index (χ1v) is 16.7. The van der Waals surface area contributed by atoms with Crippen molar-refractivity contribution in [3.05, 3.63) is 12.3 Å². The Morgan fingerprint density at radius 2 is 1.10 bits per heavy atom. The molecule has 0 fully saturated rings. The fraction of sp³-hybridized carbons (Fsp3) is 0.920. The summed E-state index contributed by atoms with van der Waals surface area (Å²) in [6.07, 6.45) is 4.08. The summed E-state index contributed by atoms with van der Waals surface area (Å²) in [4.78, 5) is 0. The van der Waals surface area contributed by atoms with E-state index in [-0.39, 0.29) is 12.2 Å². The minimum absolute atomic E-state index is 0.0313. The van der Waals surface area contributed by atoms with Crippen molar-refractivity contribution >= 4 is 16.6 Å². The van der Waals surface area contributed by atoms with Crippen molar-refractivity contribution in [3.8, 4) is 0 Å². The van der Waals surface area contributed by atoms with Crippen molar-refractivity contribution in [2.75, 3.05) is 6.61 Å². The van der Waals surface area contributed by atoms with Crippen LogP contribution in [0.1, 0.15) is 90.0 Å². The molecule has 1 rings (SSSR count). The Balaban J connectivity index is 3.21. The lowest BCUT2D eigenvalue weighted by Crippen LogP contribution is -2.56. The van der Waals surface area contributed by atoms with Gasteiger partial charge >= 0.3 is 0 Å². The van der Waals surface area contributed by atoms with E-state index in [0.29, 0.717) is 45.8 Å². The maximum Gasteiger partial charge on any atom is 0.200 e. The van der Waals surface area contributed by atoms with Crippen LogP contribution in [0.5, 0.6) is 0 Å². The monoisotopic (exact) mass is 456 g/mol. The largest absolute Gasteiger partial charge is 0.493 e. The Hall–Kier alpha value is -0.106. The molecule has 0 aliphatic carbocycles. The van der Waals surface area contributed by atoms with Crippen LogP contribution in [-0.2, 0) is 13.6 Å². The predicted molar refractivity (Wildman–Crippen MR) is 136 cm³/mol. The minimum atomic E-state index is -2.00. The molecular weight excluding hydrogens is 404 g/mol. The molecule has 0 spiro atoms. The maximum absolute atomic E-state index is 7.23. The fourth-order valence-corrected chi connectivity index (χ4v) is 17.6. The summed E-state index contributed by atoms with van der Waals surface area (Å²) in [6.45, 7) is 31.1. The van der Waals surface area contributed by atoms with E-state index in [1.54, 1.807) is 0 Å². The van der Waals surface area contributed by atoms with Gasteiger partial charge in [0.05, 0.1) is 19.0 Å². The molecule has 178 valence electrons. The molecule has 5 heteroatoms. The molecule has 1 aliphatic rings. The average Bonchev–Trinajstić information content (AvgIpc) is 2.59. The highest BCUT2D eigenvalue weighted by molar-refractivity contribution is 6.78. The Labute approximate surface area is 190 Å². The minimum Gasteiger partial charge on any atom is -0.493 e. The predicted octanol–water partition coefficient (Wildman–Crippen LogP) is 8.29. The van der Waals surface area contributed by atoms with Crippen molar-refractivity contribution in [2.45, 2.75) is 135 Å². The zero-order valence-electron chi connectivity index (χ0n) is 22.3. The molecule has 0 aromatic carbocycles. The van der Waals surface area contributed by atoms with Crippen LogP contribution >= 0.6 is 0 Å². The Bertz CT molecular complexity index is 497. The summed E-state index contributed by atoms with van der Waals surface area (Å²) in [5, 5.41) is 0. The number of ether oxygens (including phenoxy) is 1. The van der Waals surface area contributed by atoms with Gasteiger partial charge in [-0.05, 0) is 39.3 Å². The van der Waals surface area contributed by atoms with Gasteiger partial charge in [-0.15, -0.1) is 0 Å².